The van der Waals surface area contributed by atoms with E-state index in [0.29, 0.717) is 32.6 Å². The van der Waals surface area contributed by atoms with Gasteiger partial charge in [-0.1, -0.05) is 30.8 Å². The first-order valence-electron chi connectivity index (χ1n) is 8.03. The zero-order chi connectivity index (χ0) is 15.1. The summed E-state index contributed by atoms with van der Waals surface area (Å²) in [5.74, 6) is 0.703. The smallest absolute Gasteiger partial charge is 0.234 e. The van der Waals surface area contributed by atoms with Crippen LogP contribution >= 0.6 is 0 Å². The van der Waals surface area contributed by atoms with Gasteiger partial charge in [0.1, 0.15) is 5.41 Å². The highest BCUT2D eigenvalue weighted by atomic mass is 16.5. The number of hydrogen-bond acceptors (Lipinski definition) is 4. The minimum atomic E-state index is -0.902. The van der Waals surface area contributed by atoms with Gasteiger partial charge in [-0.3, -0.25) is 4.79 Å². The molecular formula is C15H27N3O3. The van der Waals surface area contributed by atoms with E-state index in [-0.39, 0.29) is 11.7 Å². The van der Waals surface area contributed by atoms with Gasteiger partial charge in [0, 0.05) is 19.8 Å². The molecule has 21 heavy (non-hydrogen) atoms. The summed E-state index contributed by atoms with van der Waals surface area (Å²) >= 11 is 0. The number of carbonyl (C=O) groups is 1. The topological polar surface area (TPSA) is 96.9 Å². The number of carbonyl (C=O) groups excluding carboxylic acids is 1. The normalized spacial score (nSPS) is 23.1. The zero-order valence-electron chi connectivity index (χ0n) is 12.6. The Kier molecular flexibility index (Phi) is 5.85. The highest BCUT2D eigenvalue weighted by Crippen LogP contribution is 2.31. The number of hydrogen-bond donors (Lipinski definition) is 3. The van der Waals surface area contributed by atoms with Crippen molar-refractivity contribution >= 4 is 11.7 Å². The Hall–Kier alpha value is -1.30. The van der Waals surface area contributed by atoms with Crippen molar-refractivity contribution in [2.24, 2.45) is 22.2 Å². The summed E-state index contributed by atoms with van der Waals surface area (Å²) < 4.78 is 5.29. The van der Waals surface area contributed by atoms with Crippen LogP contribution in [0.3, 0.4) is 0 Å². The third-order valence-electron chi connectivity index (χ3n) is 4.93. The van der Waals surface area contributed by atoms with Crippen LogP contribution in [0.4, 0.5) is 0 Å². The highest BCUT2D eigenvalue weighted by molar-refractivity contribution is 6.06. The summed E-state index contributed by atoms with van der Waals surface area (Å²) in [6.45, 7) is 1.59. The van der Waals surface area contributed by atoms with Gasteiger partial charge in [-0.2, -0.15) is 0 Å². The van der Waals surface area contributed by atoms with Crippen molar-refractivity contribution in [3.05, 3.63) is 0 Å². The van der Waals surface area contributed by atoms with Gasteiger partial charge in [-0.05, 0) is 31.6 Å². The lowest BCUT2D eigenvalue weighted by Gasteiger charge is -2.34. The molecule has 1 aliphatic carbocycles. The average Bonchev–Trinajstić information content (AvgIpc) is 3.04. The van der Waals surface area contributed by atoms with Crippen molar-refractivity contribution in [3.8, 4) is 0 Å². The number of nitrogens with one attached hydrogen (secondary N) is 1. The SMILES string of the molecule is NC(=NO)C1(C(=O)NCCCC2CCCC2)CCOCC1. The summed E-state index contributed by atoms with van der Waals surface area (Å²) in [5, 5.41) is 15.0. The van der Waals surface area contributed by atoms with Gasteiger partial charge >= 0.3 is 0 Å². The van der Waals surface area contributed by atoms with Crippen molar-refractivity contribution in [2.45, 2.75) is 51.4 Å². The molecule has 0 spiro atoms. The van der Waals surface area contributed by atoms with E-state index in [1.54, 1.807) is 0 Å². The van der Waals surface area contributed by atoms with Gasteiger partial charge in [-0.25, -0.2) is 0 Å². The maximum atomic E-state index is 12.5. The molecule has 0 atom stereocenters. The van der Waals surface area contributed by atoms with Gasteiger partial charge in [0.05, 0.1) is 0 Å². The van der Waals surface area contributed by atoms with Crippen LogP contribution in [0.1, 0.15) is 51.4 Å². The van der Waals surface area contributed by atoms with E-state index in [1.807, 2.05) is 0 Å². The molecule has 4 N–H and O–H groups in total. The van der Waals surface area contributed by atoms with E-state index < -0.39 is 5.41 Å². The average molecular weight is 297 g/mol. The molecule has 1 saturated heterocycles. The molecule has 0 aromatic heterocycles. The van der Waals surface area contributed by atoms with Gasteiger partial charge in [0.2, 0.25) is 5.91 Å². The third kappa shape index (κ3) is 3.87. The lowest BCUT2D eigenvalue weighted by atomic mass is 9.78. The van der Waals surface area contributed by atoms with Crippen LogP contribution in [-0.2, 0) is 9.53 Å². The molecule has 0 aromatic carbocycles. The maximum absolute atomic E-state index is 12.5. The second-order valence-electron chi connectivity index (χ2n) is 6.23. The zero-order valence-corrected chi connectivity index (χ0v) is 12.6. The first-order valence-corrected chi connectivity index (χ1v) is 8.03. The Morgan fingerprint density at radius 3 is 2.62 bits per heavy atom. The molecule has 120 valence electrons. The van der Waals surface area contributed by atoms with Crippen molar-refractivity contribution in [3.63, 3.8) is 0 Å². The van der Waals surface area contributed by atoms with E-state index in [9.17, 15) is 4.79 Å². The van der Waals surface area contributed by atoms with E-state index >= 15 is 0 Å². The summed E-state index contributed by atoms with van der Waals surface area (Å²) in [6.07, 6.45) is 8.49. The minimum absolute atomic E-state index is 0.000840. The number of amides is 1. The Bertz CT molecular complexity index is 372. The molecule has 0 aromatic rings. The predicted molar refractivity (Wildman–Crippen MR) is 80.1 cm³/mol. The van der Waals surface area contributed by atoms with E-state index in [1.165, 1.54) is 32.1 Å². The van der Waals surface area contributed by atoms with Crippen LogP contribution in [0.25, 0.3) is 0 Å². The number of nitrogens with zero attached hydrogens (tertiary/aromatic N) is 1. The Morgan fingerprint density at radius 1 is 1.33 bits per heavy atom. The molecule has 2 aliphatic rings. The van der Waals surface area contributed by atoms with E-state index in [4.69, 9.17) is 15.7 Å². The summed E-state index contributed by atoms with van der Waals surface area (Å²) in [4.78, 5) is 12.5. The largest absolute Gasteiger partial charge is 0.409 e. The maximum Gasteiger partial charge on any atom is 0.234 e. The summed E-state index contributed by atoms with van der Waals surface area (Å²) in [6, 6.07) is 0. The van der Waals surface area contributed by atoms with Crippen LogP contribution in [0.15, 0.2) is 5.16 Å². The standard InChI is InChI=1S/C15H27N3O3/c16-13(18-20)15(7-10-21-11-8-15)14(19)17-9-3-6-12-4-1-2-5-12/h12,20H,1-11H2,(H2,16,18)(H,17,19). The van der Waals surface area contributed by atoms with E-state index in [0.717, 1.165) is 12.3 Å². The lowest BCUT2D eigenvalue weighted by molar-refractivity contribution is -0.131. The first-order chi connectivity index (χ1) is 10.2. The van der Waals surface area contributed by atoms with Crippen LogP contribution in [-0.4, -0.2) is 36.7 Å². The van der Waals surface area contributed by atoms with Crippen molar-refractivity contribution in [1.29, 1.82) is 0 Å². The van der Waals surface area contributed by atoms with Crippen molar-refractivity contribution in [2.75, 3.05) is 19.8 Å². The number of ether oxygens (including phenoxy) is 1. The fourth-order valence-corrected chi connectivity index (χ4v) is 3.48. The second kappa shape index (κ2) is 7.64. The third-order valence-corrected chi connectivity index (χ3v) is 4.93. The molecule has 2 fully saturated rings. The predicted octanol–water partition coefficient (Wildman–Crippen LogP) is 1.62. The lowest BCUT2D eigenvalue weighted by Crippen LogP contribution is -2.52. The Morgan fingerprint density at radius 2 is 2.00 bits per heavy atom. The molecular weight excluding hydrogens is 270 g/mol. The van der Waals surface area contributed by atoms with Crippen LogP contribution in [0.2, 0.25) is 0 Å². The number of amidine groups is 1. The monoisotopic (exact) mass is 297 g/mol. The molecule has 6 heteroatoms. The Labute approximate surface area is 126 Å². The van der Waals surface area contributed by atoms with Gasteiger partial charge < -0.3 is 21.0 Å². The molecule has 1 amide bonds. The second-order valence-corrected chi connectivity index (χ2v) is 6.23. The summed E-state index contributed by atoms with van der Waals surface area (Å²) in [7, 11) is 0. The summed E-state index contributed by atoms with van der Waals surface area (Å²) in [5.41, 5.74) is 4.87. The molecule has 1 saturated carbocycles. The quantitative estimate of drug-likeness (QED) is 0.228. The van der Waals surface area contributed by atoms with Crippen molar-refractivity contribution < 1.29 is 14.7 Å². The molecule has 6 nitrogen and oxygen atoms in total. The molecule has 0 unspecified atom stereocenters. The van der Waals surface area contributed by atoms with Crippen LogP contribution in [0, 0.1) is 11.3 Å². The van der Waals surface area contributed by atoms with Gasteiger partial charge in [0.15, 0.2) is 5.84 Å². The molecule has 1 heterocycles. The van der Waals surface area contributed by atoms with Gasteiger partial charge in [-0.15, -0.1) is 0 Å². The number of oxime groups is 1. The van der Waals surface area contributed by atoms with Crippen molar-refractivity contribution in [1.82, 2.24) is 5.32 Å². The fraction of sp³-hybridized carbons (Fsp3) is 0.867. The number of rotatable bonds is 6. The van der Waals surface area contributed by atoms with Gasteiger partial charge in [0.25, 0.3) is 0 Å². The van der Waals surface area contributed by atoms with Crippen LogP contribution < -0.4 is 11.1 Å². The Balaban J connectivity index is 1.81. The molecule has 0 bridgehead atoms. The fourth-order valence-electron chi connectivity index (χ4n) is 3.48. The molecule has 2 rings (SSSR count). The first kappa shape index (κ1) is 16.1. The number of nitrogens with two attached hydrogens (primary N) is 1. The molecule has 1 aliphatic heterocycles. The van der Waals surface area contributed by atoms with E-state index in [2.05, 4.69) is 10.5 Å². The highest BCUT2D eigenvalue weighted by Gasteiger charge is 2.44. The van der Waals surface area contributed by atoms with Crippen LogP contribution in [0.5, 0.6) is 0 Å². The molecule has 0 radical (unpaired) electrons. The minimum Gasteiger partial charge on any atom is -0.409 e.